The average Bonchev–Trinajstić information content (AvgIpc) is 2.96. The smallest absolute Gasteiger partial charge is 0.410 e. The molecule has 3 rings (SSSR count). The minimum Gasteiger partial charge on any atom is -0.481 e. The summed E-state index contributed by atoms with van der Waals surface area (Å²) in [7, 11) is 1.58. The van der Waals surface area contributed by atoms with Crippen LogP contribution in [-0.4, -0.2) is 51.7 Å². The lowest BCUT2D eigenvalue weighted by atomic mass is 9.98. The van der Waals surface area contributed by atoms with E-state index in [1.54, 1.807) is 18.1 Å². The molecule has 0 bridgehead atoms. The number of carbonyl (C=O) groups excluding carboxylic acids is 1. The Balaban J connectivity index is 1.76. The van der Waals surface area contributed by atoms with Crippen molar-refractivity contribution >= 4 is 17.3 Å². The van der Waals surface area contributed by atoms with Gasteiger partial charge < -0.3 is 19.4 Å². The number of piperidine rings is 1. The van der Waals surface area contributed by atoms with Crippen LogP contribution in [0.1, 0.15) is 45.4 Å². The fourth-order valence-electron chi connectivity index (χ4n) is 2.89. The Bertz CT molecular complexity index is 735. The van der Waals surface area contributed by atoms with Crippen molar-refractivity contribution in [1.29, 1.82) is 0 Å². The molecule has 0 radical (unpaired) electrons. The second kappa shape index (κ2) is 6.30. The van der Waals surface area contributed by atoms with Crippen LogP contribution >= 0.6 is 0 Å². The number of likely N-dealkylation sites (tertiary alicyclic amines) is 1. The van der Waals surface area contributed by atoms with Gasteiger partial charge in [0.1, 0.15) is 11.4 Å². The SMILES string of the molecule is COc1ccc2[nH]c([C@H]3CCCN(C(=O)OC(C)(C)C)C3)nc2n1. The second-order valence-electron chi connectivity index (χ2n) is 7.11. The zero-order chi connectivity index (χ0) is 17.3. The lowest BCUT2D eigenvalue weighted by molar-refractivity contribution is 0.0196. The van der Waals surface area contributed by atoms with Gasteiger partial charge in [-0.05, 0) is 39.7 Å². The number of carbonyl (C=O) groups is 1. The maximum absolute atomic E-state index is 12.3. The number of hydrogen-bond donors (Lipinski definition) is 1. The van der Waals surface area contributed by atoms with Crippen LogP contribution in [0, 0.1) is 0 Å². The Kier molecular flexibility index (Phi) is 4.34. The molecule has 0 spiro atoms. The van der Waals surface area contributed by atoms with E-state index < -0.39 is 5.60 Å². The number of nitrogens with zero attached hydrogens (tertiary/aromatic N) is 3. The van der Waals surface area contributed by atoms with Gasteiger partial charge in [0, 0.05) is 25.1 Å². The van der Waals surface area contributed by atoms with Crippen LogP contribution in [0.15, 0.2) is 12.1 Å². The van der Waals surface area contributed by atoms with Gasteiger partial charge in [0.05, 0.1) is 12.6 Å². The maximum atomic E-state index is 12.3. The second-order valence-corrected chi connectivity index (χ2v) is 7.11. The summed E-state index contributed by atoms with van der Waals surface area (Å²) < 4.78 is 10.6. The third-order valence-electron chi connectivity index (χ3n) is 4.01. The number of rotatable bonds is 2. The van der Waals surface area contributed by atoms with Gasteiger partial charge in [0.15, 0.2) is 5.65 Å². The molecule has 1 aliphatic rings. The van der Waals surface area contributed by atoms with Crippen molar-refractivity contribution in [2.45, 2.75) is 45.1 Å². The molecule has 24 heavy (non-hydrogen) atoms. The zero-order valence-corrected chi connectivity index (χ0v) is 14.6. The van der Waals surface area contributed by atoms with Crippen molar-refractivity contribution in [3.05, 3.63) is 18.0 Å². The number of aromatic nitrogens is 3. The van der Waals surface area contributed by atoms with Crippen LogP contribution in [0.4, 0.5) is 4.79 Å². The summed E-state index contributed by atoms with van der Waals surface area (Å²) >= 11 is 0. The molecule has 0 unspecified atom stereocenters. The molecule has 3 heterocycles. The lowest BCUT2D eigenvalue weighted by Gasteiger charge is -2.33. The standard InChI is InChI=1S/C17H24N4O3/c1-17(2,3)24-16(22)21-9-5-6-11(10-21)14-18-12-7-8-13(23-4)19-15(12)20-14/h7-8,11H,5-6,9-10H2,1-4H3,(H,18,19,20)/t11-/m0/s1. The number of imidazole rings is 1. The van der Waals surface area contributed by atoms with Crippen molar-refractivity contribution in [3.63, 3.8) is 0 Å². The van der Waals surface area contributed by atoms with E-state index in [2.05, 4.69) is 15.0 Å². The number of methoxy groups -OCH3 is 1. The van der Waals surface area contributed by atoms with Gasteiger partial charge in [0.25, 0.3) is 0 Å². The summed E-state index contributed by atoms with van der Waals surface area (Å²) in [6.45, 7) is 6.96. The van der Waals surface area contributed by atoms with Gasteiger partial charge in [-0.15, -0.1) is 0 Å². The highest BCUT2D eigenvalue weighted by molar-refractivity contribution is 5.71. The van der Waals surface area contributed by atoms with E-state index >= 15 is 0 Å². The van der Waals surface area contributed by atoms with Crippen LogP contribution in [0.2, 0.25) is 0 Å². The molecule has 1 amide bonds. The predicted octanol–water partition coefficient (Wildman–Crippen LogP) is 3.08. The predicted molar refractivity (Wildman–Crippen MR) is 90.2 cm³/mol. The van der Waals surface area contributed by atoms with E-state index in [9.17, 15) is 4.79 Å². The number of pyridine rings is 1. The molecule has 1 saturated heterocycles. The Morgan fingerprint density at radius 2 is 2.12 bits per heavy atom. The highest BCUT2D eigenvalue weighted by Gasteiger charge is 2.29. The first-order chi connectivity index (χ1) is 11.4. The molecule has 130 valence electrons. The van der Waals surface area contributed by atoms with Crippen LogP contribution in [-0.2, 0) is 4.74 Å². The number of aromatic amines is 1. The summed E-state index contributed by atoms with van der Waals surface area (Å²) in [5.41, 5.74) is 1.03. The van der Waals surface area contributed by atoms with E-state index in [1.165, 1.54) is 0 Å². The summed E-state index contributed by atoms with van der Waals surface area (Å²) in [6, 6.07) is 3.71. The summed E-state index contributed by atoms with van der Waals surface area (Å²) in [5, 5.41) is 0. The Hall–Kier alpha value is -2.31. The van der Waals surface area contributed by atoms with Crippen LogP contribution in [0.5, 0.6) is 5.88 Å². The molecule has 0 aliphatic carbocycles. The molecular formula is C17H24N4O3. The molecule has 7 heteroatoms. The van der Waals surface area contributed by atoms with Crippen LogP contribution in [0.3, 0.4) is 0 Å². The fourth-order valence-corrected chi connectivity index (χ4v) is 2.89. The van der Waals surface area contributed by atoms with Gasteiger partial charge in [-0.1, -0.05) is 0 Å². The van der Waals surface area contributed by atoms with Gasteiger partial charge in [-0.3, -0.25) is 0 Å². The molecular weight excluding hydrogens is 308 g/mol. The first kappa shape index (κ1) is 16.5. The highest BCUT2D eigenvalue weighted by atomic mass is 16.6. The van der Waals surface area contributed by atoms with Crippen molar-refractivity contribution < 1.29 is 14.3 Å². The van der Waals surface area contributed by atoms with E-state index in [-0.39, 0.29) is 12.0 Å². The first-order valence-electron chi connectivity index (χ1n) is 8.24. The van der Waals surface area contributed by atoms with E-state index in [1.807, 2.05) is 26.8 Å². The van der Waals surface area contributed by atoms with Gasteiger partial charge >= 0.3 is 6.09 Å². The average molecular weight is 332 g/mol. The van der Waals surface area contributed by atoms with Crippen molar-refractivity contribution in [3.8, 4) is 5.88 Å². The zero-order valence-electron chi connectivity index (χ0n) is 14.6. The van der Waals surface area contributed by atoms with Crippen molar-refractivity contribution in [2.75, 3.05) is 20.2 Å². The van der Waals surface area contributed by atoms with Crippen LogP contribution < -0.4 is 4.74 Å². The molecule has 0 saturated carbocycles. The van der Waals surface area contributed by atoms with E-state index in [0.29, 0.717) is 18.1 Å². The largest absolute Gasteiger partial charge is 0.481 e. The Morgan fingerprint density at radius 1 is 1.33 bits per heavy atom. The number of nitrogens with one attached hydrogen (secondary N) is 1. The number of fused-ring (bicyclic) bond motifs is 1. The highest BCUT2D eigenvalue weighted by Crippen LogP contribution is 2.27. The molecule has 0 aromatic carbocycles. The van der Waals surface area contributed by atoms with E-state index in [4.69, 9.17) is 9.47 Å². The molecule has 2 aromatic rings. The maximum Gasteiger partial charge on any atom is 0.410 e. The number of H-pyrrole nitrogens is 1. The number of hydrogen-bond acceptors (Lipinski definition) is 5. The van der Waals surface area contributed by atoms with Gasteiger partial charge in [-0.2, -0.15) is 4.98 Å². The monoisotopic (exact) mass is 332 g/mol. The normalized spacial score (nSPS) is 18.7. The molecule has 1 atom stereocenters. The summed E-state index contributed by atoms with van der Waals surface area (Å²) in [6.07, 6.45) is 1.65. The topological polar surface area (TPSA) is 80.3 Å². The van der Waals surface area contributed by atoms with Crippen molar-refractivity contribution in [1.82, 2.24) is 19.9 Å². The Morgan fingerprint density at radius 3 is 2.83 bits per heavy atom. The molecule has 7 nitrogen and oxygen atoms in total. The Labute approximate surface area is 141 Å². The van der Waals surface area contributed by atoms with Crippen molar-refractivity contribution in [2.24, 2.45) is 0 Å². The van der Waals surface area contributed by atoms with Gasteiger partial charge in [-0.25, -0.2) is 9.78 Å². The molecule has 1 aliphatic heterocycles. The van der Waals surface area contributed by atoms with Gasteiger partial charge in [0.2, 0.25) is 5.88 Å². The fraction of sp³-hybridized carbons (Fsp3) is 0.588. The van der Waals surface area contributed by atoms with Crippen LogP contribution in [0.25, 0.3) is 11.2 Å². The first-order valence-corrected chi connectivity index (χ1v) is 8.24. The molecule has 1 fully saturated rings. The molecule has 2 aromatic heterocycles. The number of amides is 1. The minimum atomic E-state index is -0.482. The third kappa shape index (κ3) is 3.60. The third-order valence-corrected chi connectivity index (χ3v) is 4.01. The summed E-state index contributed by atoms with van der Waals surface area (Å²) in [4.78, 5) is 26.3. The van der Waals surface area contributed by atoms with E-state index in [0.717, 1.165) is 30.7 Å². The minimum absolute atomic E-state index is 0.159. The molecule has 1 N–H and O–H groups in total. The lowest BCUT2D eigenvalue weighted by Crippen LogP contribution is -2.42. The summed E-state index contributed by atoms with van der Waals surface area (Å²) in [5.74, 6) is 1.56. The quantitative estimate of drug-likeness (QED) is 0.914. The number of ether oxygens (including phenoxy) is 2.